The van der Waals surface area contributed by atoms with Crippen molar-refractivity contribution in [1.82, 2.24) is 0 Å². The topological polar surface area (TPSA) is 3.24 Å². The van der Waals surface area contributed by atoms with E-state index >= 15 is 0 Å². The van der Waals surface area contributed by atoms with Gasteiger partial charge in [-0.25, -0.2) is 4.39 Å². The smallest absolute Gasteiger partial charge is 0.127 e. The summed E-state index contributed by atoms with van der Waals surface area (Å²) < 4.78 is 13.1. The zero-order chi connectivity index (χ0) is 10.1. The molecule has 0 aromatic heterocycles. The Hall–Kier alpha value is -0.760. The molecule has 1 heterocycles. The van der Waals surface area contributed by atoms with Gasteiger partial charge in [0.25, 0.3) is 0 Å². The van der Waals surface area contributed by atoms with Crippen LogP contribution in [0.3, 0.4) is 0 Å². The largest absolute Gasteiger partial charge is 0.370 e. The molecule has 14 heavy (non-hydrogen) atoms. The summed E-state index contributed by atoms with van der Waals surface area (Å²) in [5.74, 6) is -0.224. The van der Waals surface area contributed by atoms with Crippen molar-refractivity contribution in [2.45, 2.75) is 19.8 Å². The van der Waals surface area contributed by atoms with Gasteiger partial charge in [-0.2, -0.15) is 0 Å². The lowest BCUT2D eigenvalue weighted by Gasteiger charge is -2.20. The van der Waals surface area contributed by atoms with Crippen LogP contribution in [-0.4, -0.2) is 13.1 Å². The van der Waals surface area contributed by atoms with Crippen LogP contribution in [0.25, 0.3) is 0 Å². The molecule has 0 spiro atoms. The second kappa shape index (κ2) is 3.77. The third-order valence-corrected chi connectivity index (χ3v) is 3.22. The average molecular weight is 214 g/mol. The van der Waals surface area contributed by atoms with E-state index in [-0.39, 0.29) is 5.82 Å². The molecule has 0 unspecified atom stereocenters. The fourth-order valence-corrected chi connectivity index (χ4v) is 2.12. The lowest BCUT2D eigenvalue weighted by atomic mass is 10.2. The second-order valence-corrected chi connectivity index (χ2v) is 4.08. The van der Waals surface area contributed by atoms with Crippen LogP contribution in [0.15, 0.2) is 12.1 Å². The van der Waals surface area contributed by atoms with Crippen molar-refractivity contribution in [3.8, 4) is 0 Å². The number of hydrogen-bond acceptors (Lipinski definition) is 1. The molecule has 0 aliphatic carbocycles. The van der Waals surface area contributed by atoms with Crippen molar-refractivity contribution in [2.24, 2.45) is 0 Å². The third kappa shape index (κ3) is 1.59. The third-order valence-electron chi connectivity index (χ3n) is 2.75. The van der Waals surface area contributed by atoms with Crippen LogP contribution in [-0.2, 0) is 0 Å². The summed E-state index contributed by atoms with van der Waals surface area (Å²) in [6, 6.07) is 3.27. The minimum Gasteiger partial charge on any atom is -0.370 e. The van der Waals surface area contributed by atoms with Gasteiger partial charge in [-0.15, -0.1) is 0 Å². The van der Waals surface area contributed by atoms with Crippen LogP contribution in [0, 0.1) is 12.7 Å². The normalized spacial score (nSPS) is 16.4. The van der Waals surface area contributed by atoms with Gasteiger partial charge in [0, 0.05) is 18.7 Å². The molecule has 1 nitrogen and oxygen atoms in total. The fraction of sp³-hybridized carbons (Fsp3) is 0.455. The van der Waals surface area contributed by atoms with E-state index in [1.54, 1.807) is 13.0 Å². The Kier molecular flexibility index (Phi) is 2.64. The summed E-state index contributed by atoms with van der Waals surface area (Å²) in [5, 5.41) is 0.562. The van der Waals surface area contributed by atoms with Crippen molar-refractivity contribution >= 4 is 17.3 Å². The van der Waals surface area contributed by atoms with E-state index in [4.69, 9.17) is 11.6 Å². The van der Waals surface area contributed by atoms with E-state index in [9.17, 15) is 4.39 Å². The molecular formula is C11H13ClFN. The molecule has 0 saturated carbocycles. The predicted octanol–water partition coefficient (Wildman–Crippen LogP) is 3.39. The Morgan fingerprint density at radius 1 is 1.29 bits per heavy atom. The molecule has 0 atom stereocenters. The molecule has 0 N–H and O–H groups in total. The van der Waals surface area contributed by atoms with Gasteiger partial charge >= 0.3 is 0 Å². The molecule has 1 aliphatic heterocycles. The number of anilines is 1. The Bertz CT molecular complexity index is 345. The zero-order valence-corrected chi connectivity index (χ0v) is 8.94. The molecule has 0 bridgehead atoms. The maximum absolute atomic E-state index is 13.1. The standard InChI is InChI=1S/C11H13ClFN/c1-8-9(13)4-5-10(11(8)12)14-6-2-3-7-14/h4-5H,2-3,6-7H2,1H3. The van der Waals surface area contributed by atoms with Gasteiger partial charge in [0.1, 0.15) is 5.82 Å². The van der Waals surface area contributed by atoms with Gasteiger partial charge in [0.2, 0.25) is 0 Å². The first-order valence-electron chi connectivity index (χ1n) is 4.89. The average Bonchev–Trinajstić information content (AvgIpc) is 2.67. The Morgan fingerprint density at radius 3 is 2.57 bits per heavy atom. The highest BCUT2D eigenvalue weighted by molar-refractivity contribution is 6.34. The van der Waals surface area contributed by atoms with Crippen LogP contribution in [0.2, 0.25) is 5.02 Å². The van der Waals surface area contributed by atoms with Crippen LogP contribution in [0.4, 0.5) is 10.1 Å². The first-order chi connectivity index (χ1) is 6.70. The molecule has 76 valence electrons. The summed E-state index contributed by atoms with van der Waals surface area (Å²) in [5.41, 5.74) is 1.53. The van der Waals surface area contributed by atoms with Gasteiger partial charge in [0.15, 0.2) is 0 Å². The van der Waals surface area contributed by atoms with Crippen LogP contribution >= 0.6 is 11.6 Å². The minimum atomic E-state index is -0.224. The molecule has 1 aromatic carbocycles. The lowest BCUT2D eigenvalue weighted by Crippen LogP contribution is -2.18. The summed E-state index contributed by atoms with van der Waals surface area (Å²) >= 11 is 6.10. The van der Waals surface area contributed by atoms with Crippen LogP contribution < -0.4 is 4.90 Å². The number of hydrogen-bond donors (Lipinski definition) is 0. The number of halogens is 2. The van der Waals surface area contributed by atoms with E-state index in [1.165, 1.54) is 18.9 Å². The summed E-state index contributed by atoms with van der Waals surface area (Å²) in [7, 11) is 0. The maximum atomic E-state index is 13.1. The van der Waals surface area contributed by atoms with Crippen LogP contribution in [0.5, 0.6) is 0 Å². The van der Waals surface area contributed by atoms with Crippen molar-refractivity contribution < 1.29 is 4.39 Å². The summed E-state index contributed by atoms with van der Waals surface area (Å²) in [6.45, 7) is 3.78. The predicted molar refractivity (Wildman–Crippen MR) is 57.6 cm³/mol. The Balaban J connectivity index is 2.38. The highest BCUT2D eigenvalue weighted by atomic mass is 35.5. The van der Waals surface area contributed by atoms with Gasteiger partial charge in [-0.05, 0) is 31.9 Å². The molecular weight excluding hydrogens is 201 g/mol. The molecule has 1 aromatic rings. The fourth-order valence-electron chi connectivity index (χ4n) is 1.85. The van der Waals surface area contributed by atoms with Gasteiger partial charge in [0.05, 0.1) is 10.7 Å². The number of benzene rings is 1. The zero-order valence-electron chi connectivity index (χ0n) is 8.19. The quantitative estimate of drug-likeness (QED) is 0.691. The Morgan fingerprint density at radius 2 is 1.93 bits per heavy atom. The van der Waals surface area contributed by atoms with Crippen molar-refractivity contribution in [3.05, 3.63) is 28.5 Å². The molecule has 0 radical (unpaired) electrons. The van der Waals surface area contributed by atoms with E-state index in [1.807, 2.05) is 0 Å². The van der Waals surface area contributed by atoms with Crippen LogP contribution in [0.1, 0.15) is 18.4 Å². The summed E-state index contributed by atoms with van der Waals surface area (Å²) in [6.07, 6.45) is 2.40. The minimum absolute atomic E-state index is 0.224. The first-order valence-corrected chi connectivity index (χ1v) is 5.27. The maximum Gasteiger partial charge on any atom is 0.127 e. The highest BCUT2D eigenvalue weighted by Crippen LogP contribution is 2.32. The van der Waals surface area contributed by atoms with Crippen molar-refractivity contribution in [2.75, 3.05) is 18.0 Å². The molecule has 1 saturated heterocycles. The first kappa shape index (κ1) is 9.78. The molecule has 2 rings (SSSR count). The Labute approximate surface area is 88.5 Å². The molecule has 0 amide bonds. The van der Waals surface area contributed by atoms with Gasteiger partial charge < -0.3 is 4.90 Å². The molecule has 3 heteroatoms. The summed E-state index contributed by atoms with van der Waals surface area (Å²) in [4.78, 5) is 2.22. The lowest BCUT2D eigenvalue weighted by molar-refractivity contribution is 0.618. The van der Waals surface area contributed by atoms with Gasteiger partial charge in [-0.1, -0.05) is 11.6 Å². The SMILES string of the molecule is Cc1c(F)ccc(N2CCCC2)c1Cl. The highest BCUT2D eigenvalue weighted by Gasteiger charge is 2.17. The molecule has 1 fully saturated rings. The van der Waals surface area contributed by atoms with E-state index in [0.29, 0.717) is 10.6 Å². The molecule has 1 aliphatic rings. The van der Waals surface area contributed by atoms with E-state index in [0.717, 1.165) is 18.8 Å². The number of rotatable bonds is 1. The monoisotopic (exact) mass is 213 g/mol. The van der Waals surface area contributed by atoms with Crippen molar-refractivity contribution in [1.29, 1.82) is 0 Å². The second-order valence-electron chi connectivity index (χ2n) is 3.70. The van der Waals surface area contributed by atoms with E-state index < -0.39 is 0 Å². The van der Waals surface area contributed by atoms with Gasteiger partial charge in [-0.3, -0.25) is 0 Å². The number of nitrogens with zero attached hydrogens (tertiary/aromatic N) is 1. The van der Waals surface area contributed by atoms with Crippen molar-refractivity contribution in [3.63, 3.8) is 0 Å². The van der Waals surface area contributed by atoms with E-state index in [2.05, 4.69) is 4.90 Å².